The van der Waals surface area contributed by atoms with Gasteiger partial charge in [0.05, 0.1) is 5.69 Å². The van der Waals surface area contributed by atoms with E-state index >= 15 is 0 Å². The minimum absolute atomic E-state index is 0.622. The Hall–Kier alpha value is -2.13. The highest BCUT2D eigenvalue weighted by atomic mass is 16.3. The topological polar surface area (TPSA) is 38.0 Å². The molecule has 1 N–H and O–H groups in total. The molecular weight excluding hydrogens is 248 g/mol. The molecule has 0 spiro atoms. The van der Waals surface area contributed by atoms with Crippen LogP contribution in [-0.4, -0.2) is 14.9 Å². The molecule has 3 rings (SSSR count). The number of hydrogen-bond donors (Lipinski definition) is 1. The Morgan fingerprint density at radius 3 is 2.65 bits per heavy atom. The van der Waals surface area contributed by atoms with Gasteiger partial charge in [0.15, 0.2) is 0 Å². The summed E-state index contributed by atoms with van der Waals surface area (Å²) < 4.78 is 1.76. The molecule has 20 heavy (non-hydrogen) atoms. The molecule has 0 aliphatic carbocycles. The van der Waals surface area contributed by atoms with Crippen LogP contribution < -0.4 is 0 Å². The molecule has 3 aromatic rings. The van der Waals surface area contributed by atoms with E-state index < -0.39 is 6.10 Å². The molecule has 0 amide bonds. The highest BCUT2D eigenvalue weighted by Gasteiger charge is 2.17. The predicted octanol–water partition coefficient (Wildman–Crippen LogP) is 3.22. The number of aryl methyl sites for hydroxylation is 2. The largest absolute Gasteiger partial charge is 0.384 e. The fraction of sp³-hybridized carbons (Fsp3) is 0.235. The van der Waals surface area contributed by atoms with Crippen LogP contribution in [0.3, 0.4) is 0 Å². The second-order valence-corrected chi connectivity index (χ2v) is 5.07. The number of benzene rings is 2. The third-order valence-corrected chi connectivity index (χ3v) is 3.66. The molecule has 0 aliphatic heterocycles. The normalized spacial score (nSPS) is 12.8. The zero-order valence-electron chi connectivity index (χ0n) is 11.7. The molecule has 3 nitrogen and oxygen atoms in total. The average molecular weight is 266 g/mol. The Morgan fingerprint density at radius 1 is 1.15 bits per heavy atom. The quantitative estimate of drug-likeness (QED) is 0.790. The van der Waals surface area contributed by atoms with Crippen LogP contribution in [0, 0.1) is 0 Å². The Labute approximate surface area is 118 Å². The van der Waals surface area contributed by atoms with Crippen molar-refractivity contribution in [1.82, 2.24) is 9.78 Å². The van der Waals surface area contributed by atoms with Crippen LogP contribution in [0.5, 0.6) is 0 Å². The van der Waals surface area contributed by atoms with Crippen molar-refractivity contribution in [1.29, 1.82) is 0 Å². The number of aliphatic hydroxyl groups is 1. The third kappa shape index (κ3) is 2.21. The number of fused-ring (bicyclic) bond motifs is 1. The second-order valence-electron chi connectivity index (χ2n) is 5.07. The van der Waals surface area contributed by atoms with Crippen molar-refractivity contribution in [2.45, 2.75) is 19.4 Å². The maximum atomic E-state index is 10.6. The molecule has 1 aromatic heterocycles. The van der Waals surface area contributed by atoms with Crippen molar-refractivity contribution in [2.75, 3.05) is 0 Å². The molecule has 102 valence electrons. The van der Waals surface area contributed by atoms with Gasteiger partial charge >= 0.3 is 0 Å². The van der Waals surface area contributed by atoms with Crippen molar-refractivity contribution >= 4 is 10.8 Å². The van der Waals surface area contributed by atoms with Crippen LogP contribution in [0.2, 0.25) is 0 Å². The van der Waals surface area contributed by atoms with Gasteiger partial charge in [-0.15, -0.1) is 0 Å². The molecule has 1 unspecified atom stereocenters. The Bertz CT molecular complexity index is 746. The van der Waals surface area contributed by atoms with Gasteiger partial charge in [0.25, 0.3) is 0 Å². The van der Waals surface area contributed by atoms with Gasteiger partial charge in [-0.05, 0) is 28.8 Å². The van der Waals surface area contributed by atoms with E-state index in [4.69, 9.17) is 0 Å². The summed E-state index contributed by atoms with van der Waals surface area (Å²) >= 11 is 0. The van der Waals surface area contributed by atoms with Crippen molar-refractivity contribution in [2.24, 2.45) is 7.05 Å². The molecule has 0 aliphatic rings. The van der Waals surface area contributed by atoms with Gasteiger partial charge in [0.2, 0.25) is 0 Å². The molecule has 0 radical (unpaired) electrons. The van der Waals surface area contributed by atoms with Crippen LogP contribution in [0.25, 0.3) is 10.8 Å². The first-order valence-corrected chi connectivity index (χ1v) is 6.88. The van der Waals surface area contributed by atoms with Crippen molar-refractivity contribution in [3.05, 3.63) is 65.5 Å². The van der Waals surface area contributed by atoms with Crippen LogP contribution in [0.1, 0.15) is 29.8 Å². The zero-order valence-corrected chi connectivity index (χ0v) is 11.7. The van der Waals surface area contributed by atoms with Crippen LogP contribution in [-0.2, 0) is 13.5 Å². The maximum absolute atomic E-state index is 10.6. The Kier molecular flexibility index (Phi) is 3.28. The first-order valence-electron chi connectivity index (χ1n) is 6.88. The summed E-state index contributed by atoms with van der Waals surface area (Å²) in [6, 6.07) is 14.3. The fourth-order valence-electron chi connectivity index (χ4n) is 2.61. The van der Waals surface area contributed by atoms with Crippen molar-refractivity contribution in [3.8, 4) is 0 Å². The molecule has 1 heterocycles. The molecular formula is C17H18N2O. The minimum Gasteiger partial charge on any atom is -0.384 e. The highest BCUT2D eigenvalue weighted by Crippen LogP contribution is 2.27. The van der Waals surface area contributed by atoms with Crippen LogP contribution in [0.15, 0.2) is 48.7 Å². The second kappa shape index (κ2) is 5.10. The number of hydrogen-bond acceptors (Lipinski definition) is 2. The van der Waals surface area contributed by atoms with E-state index in [1.807, 2.05) is 37.5 Å². The molecule has 0 fully saturated rings. The van der Waals surface area contributed by atoms with Gasteiger partial charge in [0.1, 0.15) is 6.10 Å². The lowest BCUT2D eigenvalue weighted by atomic mass is 9.98. The monoisotopic (exact) mass is 266 g/mol. The lowest BCUT2D eigenvalue weighted by Gasteiger charge is -2.11. The lowest BCUT2D eigenvalue weighted by Crippen LogP contribution is -2.01. The number of aliphatic hydroxyl groups excluding tert-OH is 1. The van der Waals surface area contributed by atoms with Gasteiger partial charge in [0, 0.05) is 18.8 Å². The van der Waals surface area contributed by atoms with E-state index in [0.717, 1.165) is 28.6 Å². The molecule has 0 saturated carbocycles. The summed E-state index contributed by atoms with van der Waals surface area (Å²) in [5.74, 6) is 0. The summed E-state index contributed by atoms with van der Waals surface area (Å²) in [5, 5.41) is 17.3. The number of aromatic nitrogens is 2. The summed E-state index contributed by atoms with van der Waals surface area (Å²) in [6.45, 7) is 2.05. The fourth-order valence-corrected chi connectivity index (χ4v) is 2.61. The Morgan fingerprint density at radius 2 is 1.90 bits per heavy atom. The smallest absolute Gasteiger partial charge is 0.107 e. The van der Waals surface area contributed by atoms with E-state index in [2.05, 4.69) is 30.2 Å². The SMILES string of the molecule is CCc1nn(C)cc1C(O)c1ccc2ccccc2c1. The van der Waals surface area contributed by atoms with Gasteiger partial charge in [-0.1, -0.05) is 43.3 Å². The first-order chi connectivity index (χ1) is 9.69. The van der Waals surface area contributed by atoms with E-state index in [9.17, 15) is 5.11 Å². The lowest BCUT2D eigenvalue weighted by molar-refractivity contribution is 0.219. The molecule has 0 saturated heterocycles. The summed E-state index contributed by atoms with van der Waals surface area (Å²) in [7, 11) is 1.88. The van der Waals surface area contributed by atoms with Crippen molar-refractivity contribution in [3.63, 3.8) is 0 Å². The van der Waals surface area contributed by atoms with E-state index in [1.54, 1.807) is 4.68 Å². The van der Waals surface area contributed by atoms with E-state index in [1.165, 1.54) is 5.39 Å². The molecule has 1 atom stereocenters. The zero-order chi connectivity index (χ0) is 14.1. The van der Waals surface area contributed by atoms with Gasteiger partial charge in [-0.3, -0.25) is 4.68 Å². The maximum Gasteiger partial charge on any atom is 0.107 e. The molecule has 3 heteroatoms. The molecule has 0 bridgehead atoms. The standard InChI is InChI=1S/C17H18N2O/c1-3-16-15(11-19(2)18-16)17(20)14-9-8-12-6-4-5-7-13(12)10-14/h4-11,17,20H,3H2,1-2H3. The number of rotatable bonds is 3. The minimum atomic E-state index is -0.622. The summed E-state index contributed by atoms with van der Waals surface area (Å²) in [6.07, 6.45) is 2.10. The average Bonchev–Trinajstić information content (AvgIpc) is 2.87. The van der Waals surface area contributed by atoms with E-state index in [-0.39, 0.29) is 0 Å². The van der Waals surface area contributed by atoms with E-state index in [0.29, 0.717) is 0 Å². The molecule has 2 aromatic carbocycles. The third-order valence-electron chi connectivity index (χ3n) is 3.66. The summed E-state index contributed by atoms with van der Waals surface area (Å²) in [4.78, 5) is 0. The first kappa shape index (κ1) is 12.9. The highest BCUT2D eigenvalue weighted by molar-refractivity contribution is 5.83. The van der Waals surface area contributed by atoms with Crippen molar-refractivity contribution < 1.29 is 5.11 Å². The van der Waals surface area contributed by atoms with Gasteiger partial charge < -0.3 is 5.11 Å². The predicted molar refractivity (Wildman–Crippen MR) is 80.6 cm³/mol. The van der Waals surface area contributed by atoms with Gasteiger partial charge in [-0.2, -0.15) is 5.10 Å². The summed E-state index contributed by atoms with van der Waals surface area (Å²) in [5.41, 5.74) is 2.75. The number of nitrogens with zero attached hydrogens (tertiary/aromatic N) is 2. The van der Waals surface area contributed by atoms with Crippen LogP contribution >= 0.6 is 0 Å². The Balaban J connectivity index is 2.05. The van der Waals surface area contributed by atoms with Crippen LogP contribution in [0.4, 0.5) is 0 Å². The van der Waals surface area contributed by atoms with Gasteiger partial charge in [-0.25, -0.2) is 0 Å².